The molecule has 1 aromatic heterocycles. The number of urea groups is 1. The first-order valence-electron chi connectivity index (χ1n) is 9.93. The number of rotatable bonds is 4. The Morgan fingerprint density at radius 1 is 0.900 bits per heavy atom. The standard InChI is InChI=1S/C22H22N6O2/c1-25-19-17(20(29)26(2)22(25)30)27(14-13-15-9-5-3-6-10-15)21-24-23-18(28(19)21)16-11-7-4-8-12-16/h3-12,17,19H,13-14H2,1-2H3. The number of carbonyl (C=O) groups excluding carboxylic acids is 2. The van der Waals surface area contributed by atoms with Crippen molar-refractivity contribution in [2.45, 2.75) is 18.6 Å². The molecule has 1 fully saturated rings. The summed E-state index contributed by atoms with van der Waals surface area (Å²) in [6.45, 7) is 0.597. The Labute approximate surface area is 174 Å². The van der Waals surface area contributed by atoms with Crippen LogP contribution in [-0.4, -0.2) is 63.2 Å². The quantitative estimate of drug-likeness (QED) is 0.670. The second-order valence-corrected chi connectivity index (χ2v) is 7.64. The Bertz CT molecular complexity index is 1100. The van der Waals surface area contributed by atoms with Gasteiger partial charge in [0, 0.05) is 26.2 Å². The van der Waals surface area contributed by atoms with Crippen LogP contribution in [0.15, 0.2) is 60.7 Å². The van der Waals surface area contributed by atoms with Gasteiger partial charge in [-0.15, -0.1) is 10.2 Å². The van der Waals surface area contributed by atoms with Gasteiger partial charge in [-0.05, 0) is 12.0 Å². The minimum atomic E-state index is -0.533. The number of nitrogens with zero attached hydrogens (tertiary/aromatic N) is 6. The van der Waals surface area contributed by atoms with Crippen molar-refractivity contribution in [3.8, 4) is 11.4 Å². The molecule has 3 amide bonds. The monoisotopic (exact) mass is 402 g/mol. The molecular weight excluding hydrogens is 380 g/mol. The normalized spacial score (nSPS) is 20.5. The number of hydrogen-bond donors (Lipinski definition) is 0. The molecule has 3 aromatic rings. The molecule has 0 radical (unpaired) electrons. The van der Waals surface area contributed by atoms with Gasteiger partial charge in [-0.2, -0.15) is 0 Å². The van der Waals surface area contributed by atoms with Crippen LogP contribution in [-0.2, 0) is 11.2 Å². The molecule has 2 aliphatic rings. The predicted octanol–water partition coefficient (Wildman–Crippen LogP) is 2.40. The minimum Gasteiger partial charge on any atom is -0.325 e. The Morgan fingerprint density at radius 2 is 1.57 bits per heavy atom. The Balaban J connectivity index is 1.59. The first kappa shape index (κ1) is 18.4. The maximum Gasteiger partial charge on any atom is 0.327 e. The van der Waals surface area contributed by atoms with Gasteiger partial charge in [0.05, 0.1) is 0 Å². The molecule has 2 aliphatic heterocycles. The molecule has 0 bridgehead atoms. The van der Waals surface area contributed by atoms with Gasteiger partial charge in [0.15, 0.2) is 11.9 Å². The van der Waals surface area contributed by atoms with Gasteiger partial charge in [-0.1, -0.05) is 60.7 Å². The molecule has 2 atom stereocenters. The lowest BCUT2D eigenvalue weighted by Gasteiger charge is -2.40. The smallest absolute Gasteiger partial charge is 0.325 e. The van der Waals surface area contributed by atoms with Crippen LogP contribution in [0.4, 0.5) is 10.7 Å². The lowest BCUT2D eigenvalue weighted by molar-refractivity contribution is -0.133. The number of likely N-dealkylation sites (N-methyl/N-ethyl adjacent to an activating group) is 2. The summed E-state index contributed by atoms with van der Waals surface area (Å²) in [7, 11) is 3.26. The van der Waals surface area contributed by atoms with Gasteiger partial charge in [0.1, 0.15) is 6.17 Å². The fourth-order valence-electron chi connectivity index (χ4n) is 4.35. The third-order valence-electron chi connectivity index (χ3n) is 5.90. The van der Waals surface area contributed by atoms with Crippen molar-refractivity contribution in [3.63, 3.8) is 0 Å². The molecule has 5 rings (SSSR count). The lowest BCUT2D eigenvalue weighted by atomic mass is 10.1. The van der Waals surface area contributed by atoms with Crippen LogP contribution in [0.2, 0.25) is 0 Å². The van der Waals surface area contributed by atoms with E-state index in [9.17, 15) is 9.59 Å². The molecule has 3 heterocycles. The maximum atomic E-state index is 13.2. The van der Waals surface area contributed by atoms with E-state index in [1.165, 1.54) is 17.5 Å². The number of hydrogen-bond acceptors (Lipinski definition) is 5. The first-order chi connectivity index (χ1) is 14.6. The molecule has 0 N–H and O–H groups in total. The van der Waals surface area contributed by atoms with Gasteiger partial charge in [-0.3, -0.25) is 14.3 Å². The van der Waals surface area contributed by atoms with Gasteiger partial charge in [0.2, 0.25) is 5.95 Å². The van der Waals surface area contributed by atoms with Crippen molar-refractivity contribution in [2.24, 2.45) is 0 Å². The fourth-order valence-corrected chi connectivity index (χ4v) is 4.35. The lowest BCUT2D eigenvalue weighted by Crippen LogP contribution is -2.61. The summed E-state index contributed by atoms with van der Waals surface area (Å²) in [6.07, 6.45) is 0.267. The van der Waals surface area contributed by atoms with Gasteiger partial charge >= 0.3 is 6.03 Å². The topological polar surface area (TPSA) is 74.6 Å². The molecule has 8 heteroatoms. The van der Waals surface area contributed by atoms with E-state index in [1.807, 2.05) is 58.0 Å². The molecule has 30 heavy (non-hydrogen) atoms. The number of aromatic nitrogens is 3. The van der Waals surface area contributed by atoms with E-state index in [4.69, 9.17) is 0 Å². The largest absolute Gasteiger partial charge is 0.327 e. The third-order valence-corrected chi connectivity index (χ3v) is 5.90. The zero-order chi connectivity index (χ0) is 20.8. The van der Waals surface area contributed by atoms with Crippen LogP contribution >= 0.6 is 0 Å². The summed E-state index contributed by atoms with van der Waals surface area (Å²) in [5.74, 6) is 1.04. The molecule has 2 unspecified atom stereocenters. The van der Waals surface area contributed by atoms with E-state index >= 15 is 0 Å². The van der Waals surface area contributed by atoms with Crippen LogP contribution < -0.4 is 4.90 Å². The number of amides is 3. The minimum absolute atomic E-state index is 0.222. The van der Waals surface area contributed by atoms with Crippen LogP contribution in [0.1, 0.15) is 11.7 Å². The predicted molar refractivity (Wildman–Crippen MR) is 112 cm³/mol. The zero-order valence-electron chi connectivity index (χ0n) is 16.8. The highest BCUT2D eigenvalue weighted by Gasteiger charge is 2.54. The summed E-state index contributed by atoms with van der Waals surface area (Å²) in [4.78, 5) is 30.7. The Kier molecular flexibility index (Phi) is 4.27. The van der Waals surface area contributed by atoms with Crippen LogP contribution in [0.25, 0.3) is 11.4 Å². The van der Waals surface area contributed by atoms with Crippen LogP contribution in [0.5, 0.6) is 0 Å². The van der Waals surface area contributed by atoms with Gasteiger partial charge < -0.3 is 9.80 Å². The molecule has 8 nitrogen and oxygen atoms in total. The average molecular weight is 402 g/mol. The molecular formula is C22H22N6O2. The highest BCUT2D eigenvalue weighted by atomic mass is 16.2. The van der Waals surface area contributed by atoms with Gasteiger partial charge in [0.25, 0.3) is 5.91 Å². The van der Waals surface area contributed by atoms with E-state index in [2.05, 4.69) is 22.3 Å². The summed E-state index contributed by atoms with van der Waals surface area (Å²) < 4.78 is 1.92. The molecule has 0 saturated carbocycles. The fraction of sp³-hybridized carbons (Fsp3) is 0.273. The van der Waals surface area contributed by atoms with Gasteiger partial charge in [-0.25, -0.2) is 4.79 Å². The highest BCUT2D eigenvalue weighted by molar-refractivity contribution is 6.02. The number of imide groups is 1. The summed E-state index contributed by atoms with van der Waals surface area (Å²) in [5, 5.41) is 8.86. The van der Waals surface area contributed by atoms with Crippen molar-refractivity contribution < 1.29 is 9.59 Å². The second-order valence-electron chi connectivity index (χ2n) is 7.64. The van der Waals surface area contributed by atoms with Crippen molar-refractivity contribution in [1.29, 1.82) is 0 Å². The summed E-state index contributed by atoms with van der Waals surface area (Å²) >= 11 is 0. The van der Waals surface area contributed by atoms with E-state index < -0.39 is 12.2 Å². The molecule has 2 aromatic carbocycles. The van der Waals surface area contributed by atoms with Crippen molar-refractivity contribution in [3.05, 3.63) is 66.2 Å². The van der Waals surface area contributed by atoms with Crippen molar-refractivity contribution in [2.75, 3.05) is 25.5 Å². The van der Waals surface area contributed by atoms with Crippen molar-refractivity contribution >= 4 is 17.9 Å². The first-order valence-corrected chi connectivity index (χ1v) is 9.93. The summed E-state index contributed by atoms with van der Waals surface area (Å²) in [6, 6.07) is 19.0. The highest BCUT2D eigenvalue weighted by Crippen LogP contribution is 2.42. The average Bonchev–Trinajstić information content (AvgIpc) is 3.34. The Morgan fingerprint density at radius 3 is 2.27 bits per heavy atom. The van der Waals surface area contributed by atoms with Crippen molar-refractivity contribution in [1.82, 2.24) is 24.6 Å². The van der Waals surface area contributed by atoms with E-state index in [-0.39, 0.29) is 11.9 Å². The maximum absolute atomic E-state index is 13.2. The SMILES string of the molecule is CN1C(=O)C2C(N(C)C1=O)n1c(-c3ccccc3)nnc1N2CCc1ccccc1. The zero-order valence-corrected chi connectivity index (χ0v) is 16.8. The van der Waals surface area contributed by atoms with E-state index in [0.717, 1.165) is 12.0 Å². The second kappa shape index (κ2) is 6.98. The number of carbonyl (C=O) groups is 2. The van der Waals surface area contributed by atoms with E-state index in [1.54, 1.807) is 11.9 Å². The number of benzene rings is 2. The number of fused-ring (bicyclic) bond motifs is 3. The third kappa shape index (κ3) is 2.67. The molecule has 152 valence electrons. The summed E-state index contributed by atoms with van der Waals surface area (Å²) in [5.41, 5.74) is 2.07. The molecule has 0 aliphatic carbocycles. The Hall–Kier alpha value is -3.68. The van der Waals surface area contributed by atoms with E-state index in [0.29, 0.717) is 18.3 Å². The molecule has 0 spiro atoms. The van der Waals surface area contributed by atoms with Crippen LogP contribution in [0, 0.1) is 0 Å². The number of anilines is 1. The molecule has 1 saturated heterocycles. The van der Waals surface area contributed by atoms with Crippen LogP contribution in [0.3, 0.4) is 0 Å².